The average molecular weight is 349 g/mol. The minimum atomic E-state index is -4.38. The van der Waals surface area contributed by atoms with Gasteiger partial charge in [0.2, 0.25) is 5.91 Å². The van der Waals surface area contributed by atoms with Gasteiger partial charge in [-0.15, -0.1) is 12.4 Å². The number of likely N-dealkylation sites (tertiary alicyclic amines) is 1. The standard InChI is InChI=1S/C16H19F3N2O.ClH/c17-16(18,19)13-3-1-2-12(8-13)15(5-6-15)14(22)21-7-4-11(9-20)10-21;/h1-3,8,11H,4-7,9-10,20H2;1H. The fourth-order valence-electron chi connectivity index (χ4n) is 3.26. The molecule has 23 heavy (non-hydrogen) atoms. The van der Waals surface area contributed by atoms with E-state index in [1.807, 2.05) is 0 Å². The van der Waals surface area contributed by atoms with Crippen LogP contribution in [0.3, 0.4) is 0 Å². The first kappa shape index (κ1) is 18.1. The zero-order valence-electron chi connectivity index (χ0n) is 12.6. The summed E-state index contributed by atoms with van der Waals surface area (Å²) in [4.78, 5) is 14.5. The molecule has 1 saturated heterocycles. The van der Waals surface area contributed by atoms with Gasteiger partial charge in [-0.2, -0.15) is 13.2 Å². The van der Waals surface area contributed by atoms with E-state index in [1.165, 1.54) is 6.07 Å². The number of nitrogens with two attached hydrogens (primary N) is 1. The van der Waals surface area contributed by atoms with Crippen LogP contribution < -0.4 is 5.73 Å². The van der Waals surface area contributed by atoms with Crippen LogP contribution in [-0.4, -0.2) is 30.4 Å². The quantitative estimate of drug-likeness (QED) is 0.912. The predicted molar refractivity (Wildman–Crippen MR) is 83.3 cm³/mol. The van der Waals surface area contributed by atoms with E-state index in [0.717, 1.165) is 18.6 Å². The molecular weight excluding hydrogens is 329 g/mol. The molecule has 1 unspecified atom stereocenters. The summed E-state index contributed by atoms with van der Waals surface area (Å²) in [5.74, 6) is 0.268. The first-order valence-corrected chi connectivity index (χ1v) is 7.54. The van der Waals surface area contributed by atoms with Crippen LogP contribution in [0.4, 0.5) is 13.2 Å². The lowest BCUT2D eigenvalue weighted by Gasteiger charge is -2.24. The Labute approximate surface area is 139 Å². The number of rotatable bonds is 3. The normalized spacial score (nSPS) is 22.6. The Morgan fingerprint density at radius 3 is 2.57 bits per heavy atom. The summed E-state index contributed by atoms with van der Waals surface area (Å²) in [7, 11) is 0. The Kier molecular flexibility index (Phi) is 4.97. The van der Waals surface area contributed by atoms with E-state index in [2.05, 4.69) is 0 Å². The molecule has 2 fully saturated rings. The zero-order valence-corrected chi connectivity index (χ0v) is 13.4. The highest BCUT2D eigenvalue weighted by Gasteiger charge is 2.54. The molecule has 2 N–H and O–H groups in total. The van der Waals surface area contributed by atoms with Crippen LogP contribution in [0.5, 0.6) is 0 Å². The molecular formula is C16H20ClF3N2O. The summed E-state index contributed by atoms with van der Waals surface area (Å²) in [5, 5.41) is 0. The molecule has 0 spiro atoms. The number of hydrogen-bond donors (Lipinski definition) is 1. The van der Waals surface area contributed by atoms with Crippen molar-refractivity contribution in [3.63, 3.8) is 0 Å². The Bertz CT molecular complexity index is 587. The molecule has 0 aromatic heterocycles. The van der Waals surface area contributed by atoms with E-state index in [-0.39, 0.29) is 18.3 Å². The number of carbonyl (C=O) groups excluding carboxylic acids is 1. The Morgan fingerprint density at radius 2 is 2.04 bits per heavy atom. The van der Waals surface area contributed by atoms with Crippen molar-refractivity contribution < 1.29 is 18.0 Å². The second kappa shape index (κ2) is 6.32. The van der Waals surface area contributed by atoms with Gasteiger partial charge in [-0.05, 0) is 43.4 Å². The van der Waals surface area contributed by atoms with Crippen LogP contribution in [-0.2, 0) is 16.4 Å². The minimum absolute atomic E-state index is 0. The van der Waals surface area contributed by atoms with Gasteiger partial charge >= 0.3 is 6.18 Å². The smallest absolute Gasteiger partial charge is 0.342 e. The molecule has 1 aliphatic carbocycles. The SMILES string of the molecule is Cl.NCC1CCN(C(=O)C2(c3cccc(C(F)(F)F)c3)CC2)C1. The number of benzene rings is 1. The second-order valence-electron chi connectivity index (χ2n) is 6.30. The van der Waals surface area contributed by atoms with Crippen molar-refractivity contribution >= 4 is 18.3 Å². The summed E-state index contributed by atoms with van der Waals surface area (Å²) in [6, 6.07) is 5.19. The van der Waals surface area contributed by atoms with Crippen LogP contribution in [0.2, 0.25) is 0 Å². The lowest BCUT2D eigenvalue weighted by Crippen LogP contribution is -2.38. The maximum Gasteiger partial charge on any atom is 0.416 e. The van der Waals surface area contributed by atoms with Gasteiger partial charge in [0.25, 0.3) is 0 Å². The Morgan fingerprint density at radius 1 is 1.35 bits per heavy atom. The highest BCUT2D eigenvalue weighted by atomic mass is 35.5. The van der Waals surface area contributed by atoms with Crippen molar-refractivity contribution in [2.75, 3.05) is 19.6 Å². The van der Waals surface area contributed by atoms with Crippen molar-refractivity contribution in [2.45, 2.75) is 30.9 Å². The molecule has 3 rings (SSSR count). The molecule has 1 amide bonds. The number of hydrogen-bond acceptors (Lipinski definition) is 2. The molecule has 1 heterocycles. The maximum absolute atomic E-state index is 12.9. The molecule has 7 heteroatoms. The zero-order chi connectivity index (χ0) is 16.0. The largest absolute Gasteiger partial charge is 0.416 e. The number of nitrogens with zero attached hydrogens (tertiary/aromatic N) is 1. The number of alkyl halides is 3. The third-order valence-electron chi connectivity index (χ3n) is 4.81. The van der Waals surface area contributed by atoms with Crippen LogP contribution in [0.25, 0.3) is 0 Å². The highest BCUT2D eigenvalue weighted by molar-refractivity contribution is 5.91. The fraction of sp³-hybridized carbons (Fsp3) is 0.562. The van der Waals surface area contributed by atoms with Crippen molar-refractivity contribution in [1.82, 2.24) is 4.90 Å². The minimum Gasteiger partial charge on any atom is -0.342 e. The van der Waals surface area contributed by atoms with Crippen LogP contribution >= 0.6 is 12.4 Å². The van der Waals surface area contributed by atoms with Gasteiger partial charge in [0.1, 0.15) is 0 Å². The second-order valence-corrected chi connectivity index (χ2v) is 6.30. The van der Waals surface area contributed by atoms with Crippen LogP contribution in [0.15, 0.2) is 24.3 Å². The van der Waals surface area contributed by atoms with Gasteiger partial charge in [-0.3, -0.25) is 4.79 Å². The summed E-state index contributed by atoms with van der Waals surface area (Å²) >= 11 is 0. The van der Waals surface area contributed by atoms with E-state index >= 15 is 0 Å². The predicted octanol–water partition coefficient (Wildman–Crippen LogP) is 2.97. The third kappa shape index (κ3) is 3.33. The highest BCUT2D eigenvalue weighted by Crippen LogP contribution is 2.51. The lowest BCUT2D eigenvalue weighted by atomic mass is 9.92. The van der Waals surface area contributed by atoms with E-state index < -0.39 is 17.2 Å². The number of halogens is 4. The first-order chi connectivity index (χ1) is 10.4. The fourth-order valence-corrected chi connectivity index (χ4v) is 3.26. The molecule has 1 aliphatic heterocycles. The van der Waals surface area contributed by atoms with Crippen molar-refractivity contribution in [3.05, 3.63) is 35.4 Å². The van der Waals surface area contributed by atoms with E-state index in [1.54, 1.807) is 11.0 Å². The molecule has 0 radical (unpaired) electrons. The lowest BCUT2D eigenvalue weighted by molar-refractivity contribution is -0.138. The topological polar surface area (TPSA) is 46.3 Å². The van der Waals surface area contributed by atoms with Gasteiger partial charge in [0.15, 0.2) is 0 Å². The Balaban J connectivity index is 0.00000192. The number of carbonyl (C=O) groups is 1. The molecule has 1 aromatic carbocycles. The van der Waals surface area contributed by atoms with Crippen molar-refractivity contribution in [3.8, 4) is 0 Å². The third-order valence-corrected chi connectivity index (χ3v) is 4.81. The Hall–Kier alpha value is -1.27. The molecule has 1 atom stereocenters. The van der Waals surface area contributed by atoms with Crippen molar-refractivity contribution in [2.24, 2.45) is 11.7 Å². The molecule has 1 aromatic rings. The van der Waals surface area contributed by atoms with Gasteiger partial charge < -0.3 is 10.6 Å². The first-order valence-electron chi connectivity index (χ1n) is 7.54. The van der Waals surface area contributed by atoms with Crippen LogP contribution in [0, 0.1) is 5.92 Å². The molecule has 1 saturated carbocycles. The molecule has 0 bridgehead atoms. The van der Waals surface area contributed by atoms with Crippen LogP contribution in [0.1, 0.15) is 30.4 Å². The maximum atomic E-state index is 12.9. The van der Waals surface area contributed by atoms with Crippen molar-refractivity contribution in [1.29, 1.82) is 0 Å². The monoisotopic (exact) mass is 348 g/mol. The summed E-state index contributed by atoms with van der Waals surface area (Å²) < 4.78 is 38.6. The van der Waals surface area contributed by atoms with Gasteiger partial charge in [-0.1, -0.05) is 18.2 Å². The van der Waals surface area contributed by atoms with E-state index in [4.69, 9.17) is 5.73 Å². The number of amides is 1. The van der Waals surface area contributed by atoms with Gasteiger partial charge in [0, 0.05) is 13.1 Å². The summed E-state index contributed by atoms with van der Waals surface area (Å²) in [6.45, 7) is 1.82. The van der Waals surface area contributed by atoms with Gasteiger partial charge in [0.05, 0.1) is 11.0 Å². The molecule has 2 aliphatic rings. The van der Waals surface area contributed by atoms with E-state index in [0.29, 0.717) is 44.0 Å². The summed E-state index contributed by atoms with van der Waals surface area (Å²) in [5.41, 5.74) is 4.69. The molecule has 128 valence electrons. The average Bonchev–Trinajstić information content (AvgIpc) is 3.17. The van der Waals surface area contributed by atoms with E-state index in [9.17, 15) is 18.0 Å². The molecule has 3 nitrogen and oxygen atoms in total. The van der Waals surface area contributed by atoms with Gasteiger partial charge in [-0.25, -0.2) is 0 Å². The summed E-state index contributed by atoms with van der Waals surface area (Å²) in [6.07, 6.45) is -2.26.